The summed E-state index contributed by atoms with van der Waals surface area (Å²) in [5.41, 5.74) is 13.7. The first kappa shape index (κ1) is 33.9. The molecule has 0 aliphatic heterocycles. The first-order valence-corrected chi connectivity index (χ1v) is 20.9. The molecule has 0 fully saturated rings. The van der Waals surface area contributed by atoms with Crippen molar-refractivity contribution in [3.05, 3.63) is 193 Å². The van der Waals surface area contributed by atoms with Crippen LogP contribution in [0.15, 0.2) is 182 Å². The molecule has 0 bridgehead atoms. The van der Waals surface area contributed by atoms with Gasteiger partial charge in [-0.15, -0.1) is 11.3 Å². The molecule has 4 nitrogen and oxygen atoms in total. The van der Waals surface area contributed by atoms with Crippen LogP contribution in [0.4, 0.5) is 0 Å². The number of thiophene rings is 1. The quantitative estimate of drug-likeness (QED) is 0.175. The molecule has 0 N–H and O–H groups in total. The van der Waals surface area contributed by atoms with Crippen LogP contribution >= 0.6 is 11.3 Å². The Balaban J connectivity index is 1.12. The van der Waals surface area contributed by atoms with Crippen LogP contribution in [-0.4, -0.2) is 19.5 Å². The maximum Gasteiger partial charge on any atom is 0.238 e. The Bertz CT molecular complexity index is 3470. The highest BCUT2D eigenvalue weighted by Gasteiger charge is 2.38. The zero-order chi connectivity index (χ0) is 39.2. The molecule has 278 valence electrons. The maximum absolute atomic E-state index is 5.48. The number of benzene rings is 8. The van der Waals surface area contributed by atoms with Crippen LogP contribution in [0.25, 0.3) is 104 Å². The van der Waals surface area contributed by atoms with Crippen molar-refractivity contribution >= 4 is 53.3 Å². The molecular formula is C54H36N4S. The zero-order valence-corrected chi connectivity index (χ0v) is 33.3. The minimum Gasteiger partial charge on any atom is -0.277 e. The van der Waals surface area contributed by atoms with E-state index in [4.69, 9.17) is 15.0 Å². The van der Waals surface area contributed by atoms with Crippen LogP contribution in [0.1, 0.15) is 25.0 Å². The minimum atomic E-state index is -0.247. The molecule has 0 amide bonds. The van der Waals surface area contributed by atoms with Crippen LogP contribution in [0.2, 0.25) is 0 Å². The van der Waals surface area contributed by atoms with Crippen molar-refractivity contribution in [3.63, 3.8) is 0 Å². The van der Waals surface area contributed by atoms with E-state index in [1.807, 2.05) is 0 Å². The molecule has 0 atom stereocenters. The Hall–Kier alpha value is -7.21. The lowest BCUT2D eigenvalue weighted by Gasteiger charge is -2.23. The largest absolute Gasteiger partial charge is 0.277 e. The second-order valence-corrected chi connectivity index (χ2v) is 17.0. The fourth-order valence-corrected chi connectivity index (χ4v) is 10.7. The lowest BCUT2D eigenvalue weighted by atomic mass is 9.81. The van der Waals surface area contributed by atoms with E-state index in [-0.39, 0.29) is 5.41 Å². The maximum atomic E-state index is 5.48. The Kier molecular flexibility index (Phi) is 7.41. The third-order valence-electron chi connectivity index (χ3n) is 12.3. The molecule has 1 aliphatic rings. The molecule has 8 aromatic carbocycles. The molecule has 0 saturated carbocycles. The van der Waals surface area contributed by atoms with Crippen molar-refractivity contribution in [1.29, 1.82) is 0 Å². The summed E-state index contributed by atoms with van der Waals surface area (Å²) in [5.74, 6) is 1.89. The van der Waals surface area contributed by atoms with E-state index in [1.54, 1.807) is 11.3 Å². The number of aromatic nitrogens is 4. The number of nitrogens with zero attached hydrogens (tertiary/aromatic N) is 4. The molecule has 59 heavy (non-hydrogen) atoms. The van der Waals surface area contributed by atoms with Gasteiger partial charge in [-0.05, 0) is 68.8 Å². The SMILES string of the molecule is CC1(C)c2ccccc2-c2ccc3c4ccccc4n(-c4nc(-c5cccc(-c6ccc(-c7ccccc7)cc6)c5)nc(-c5cccc6c5sc5ccccc56)n4)c3c21. The second kappa shape index (κ2) is 12.9. The van der Waals surface area contributed by atoms with Crippen LogP contribution in [0, 0.1) is 0 Å². The predicted molar refractivity (Wildman–Crippen MR) is 246 cm³/mol. The van der Waals surface area contributed by atoms with E-state index in [9.17, 15) is 0 Å². The molecule has 5 heteroatoms. The Morgan fingerprint density at radius 1 is 0.441 bits per heavy atom. The van der Waals surface area contributed by atoms with E-state index < -0.39 is 0 Å². The van der Waals surface area contributed by atoms with E-state index >= 15 is 0 Å². The standard InChI is InChI=1S/C54H36N4S/c1-54(2)45-23-9-6-18-38(45)41-30-31-42-39-19-7-10-24-46(39)58(49(42)48(41)54)53-56-51(55-52(57-53)44-22-13-21-43-40-20-8-11-25-47(40)59-50(43)44)37-17-12-16-36(32-37)35-28-26-34(27-29-35)33-14-4-3-5-15-33/h3-32H,1-2H3. The number of fused-ring (bicyclic) bond motifs is 10. The van der Waals surface area contributed by atoms with Gasteiger partial charge in [0, 0.05) is 47.5 Å². The first-order valence-electron chi connectivity index (χ1n) is 20.1. The van der Waals surface area contributed by atoms with Crippen LogP contribution in [0.3, 0.4) is 0 Å². The summed E-state index contributed by atoms with van der Waals surface area (Å²) in [7, 11) is 0. The first-order chi connectivity index (χ1) is 29.0. The topological polar surface area (TPSA) is 43.6 Å². The Morgan fingerprint density at radius 2 is 1.07 bits per heavy atom. The Labute approximate surface area is 345 Å². The average Bonchev–Trinajstić information content (AvgIpc) is 3.92. The molecule has 3 heterocycles. The number of para-hydroxylation sites is 1. The van der Waals surface area contributed by atoms with Crippen molar-refractivity contribution in [3.8, 4) is 62.1 Å². The Morgan fingerprint density at radius 3 is 1.93 bits per heavy atom. The smallest absolute Gasteiger partial charge is 0.238 e. The van der Waals surface area contributed by atoms with Crippen molar-refractivity contribution in [2.24, 2.45) is 0 Å². The number of rotatable bonds is 5. The van der Waals surface area contributed by atoms with Gasteiger partial charge in [-0.3, -0.25) is 4.57 Å². The molecule has 0 spiro atoms. The van der Waals surface area contributed by atoms with Crippen molar-refractivity contribution in [2.75, 3.05) is 0 Å². The average molecular weight is 773 g/mol. The minimum absolute atomic E-state index is 0.247. The molecule has 1 aliphatic carbocycles. The predicted octanol–water partition coefficient (Wildman–Crippen LogP) is 14.3. The number of hydrogen-bond acceptors (Lipinski definition) is 4. The van der Waals surface area contributed by atoms with Gasteiger partial charge in [0.1, 0.15) is 0 Å². The molecule has 3 aromatic heterocycles. The summed E-state index contributed by atoms with van der Waals surface area (Å²) in [6, 6.07) is 65.2. The molecular weight excluding hydrogens is 737 g/mol. The highest BCUT2D eigenvalue weighted by atomic mass is 32.1. The van der Waals surface area contributed by atoms with Crippen LogP contribution in [0.5, 0.6) is 0 Å². The van der Waals surface area contributed by atoms with E-state index in [0.29, 0.717) is 17.6 Å². The zero-order valence-electron chi connectivity index (χ0n) is 32.5. The molecule has 12 rings (SSSR count). The fraction of sp³-hybridized carbons (Fsp3) is 0.0556. The molecule has 0 saturated heterocycles. The monoisotopic (exact) mass is 772 g/mol. The summed E-state index contributed by atoms with van der Waals surface area (Å²) in [6.07, 6.45) is 0. The van der Waals surface area contributed by atoms with E-state index in [0.717, 1.165) is 33.3 Å². The summed E-state index contributed by atoms with van der Waals surface area (Å²) in [5, 5.41) is 4.82. The van der Waals surface area contributed by atoms with Crippen LogP contribution in [-0.2, 0) is 5.41 Å². The lowest BCUT2D eigenvalue weighted by molar-refractivity contribution is 0.663. The van der Waals surface area contributed by atoms with Gasteiger partial charge < -0.3 is 0 Å². The lowest BCUT2D eigenvalue weighted by Crippen LogP contribution is -2.17. The summed E-state index contributed by atoms with van der Waals surface area (Å²) in [6.45, 7) is 4.70. The van der Waals surface area contributed by atoms with Gasteiger partial charge in [-0.25, -0.2) is 4.98 Å². The van der Waals surface area contributed by atoms with Gasteiger partial charge in [-0.2, -0.15) is 9.97 Å². The van der Waals surface area contributed by atoms with E-state index in [2.05, 4.69) is 200 Å². The van der Waals surface area contributed by atoms with Gasteiger partial charge >= 0.3 is 0 Å². The normalized spacial score (nSPS) is 13.1. The highest BCUT2D eigenvalue weighted by Crippen LogP contribution is 2.53. The van der Waals surface area contributed by atoms with Crippen molar-refractivity contribution in [2.45, 2.75) is 19.3 Å². The van der Waals surface area contributed by atoms with Gasteiger partial charge in [0.05, 0.1) is 11.0 Å². The van der Waals surface area contributed by atoms with Crippen LogP contribution < -0.4 is 0 Å². The third kappa shape index (κ3) is 5.18. The van der Waals surface area contributed by atoms with Crippen molar-refractivity contribution < 1.29 is 0 Å². The van der Waals surface area contributed by atoms with Gasteiger partial charge in [0.15, 0.2) is 11.6 Å². The van der Waals surface area contributed by atoms with Gasteiger partial charge in [0.25, 0.3) is 0 Å². The van der Waals surface area contributed by atoms with Crippen molar-refractivity contribution in [1.82, 2.24) is 19.5 Å². The second-order valence-electron chi connectivity index (χ2n) is 16.0. The molecule has 11 aromatic rings. The van der Waals surface area contributed by atoms with Gasteiger partial charge in [-0.1, -0.05) is 172 Å². The third-order valence-corrected chi connectivity index (χ3v) is 13.5. The molecule has 0 unspecified atom stereocenters. The fourth-order valence-electron chi connectivity index (χ4n) is 9.48. The molecule has 0 radical (unpaired) electrons. The van der Waals surface area contributed by atoms with Gasteiger partial charge in [0.2, 0.25) is 5.95 Å². The van der Waals surface area contributed by atoms with E-state index in [1.165, 1.54) is 64.3 Å². The summed E-state index contributed by atoms with van der Waals surface area (Å²) >= 11 is 1.79. The highest BCUT2D eigenvalue weighted by molar-refractivity contribution is 7.26. The summed E-state index contributed by atoms with van der Waals surface area (Å²) < 4.78 is 4.72. The summed E-state index contributed by atoms with van der Waals surface area (Å²) in [4.78, 5) is 16.3. The number of hydrogen-bond donors (Lipinski definition) is 0.